The predicted molar refractivity (Wildman–Crippen MR) is 75.9 cm³/mol. The maximum Gasteiger partial charge on any atom is 0.0469 e. The second kappa shape index (κ2) is 6.36. The van der Waals surface area contributed by atoms with E-state index in [1.807, 2.05) is 0 Å². The summed E-state index contributed by atoms with van der Waals surface area (Å²) in [5, 5.41) is 3.74. The molecule has 2 unspecified atom stereocenters. The maximum absolute atomic E-state index is 5.47. The minimum atomic E-state index is 0.302. The van der Waals surface area contributed by atoms with Gasteiger partial charge in [-0.1, -0.05) is 6.92 Å². The molecule has 0 spiro atoms. The van der Waals surface area contributed by atoms with Crippen LogP contribution in [0.5, 0.6) is 0 Å². The van der Waals surface area contributed by atoms with E-state index in [1.165, 1.54) is 38.8 Å². The molecular formula is C15H30N2O. The van der Waals surface area contributed by atoms with Crippen molar-refractivity contribution in [3.05, 3.63) is 0 Å². The Kier molecular flexibility index (Phi) is 5.05. The lowest BCUT2D eigenvalue weighted by Crippen LogP contribution is -2.50. The van der Waals surface area contributed by atoms with Gasteiger partial charge in [0.15, 0.2) is 0 Å². The Balaban J connectivity index is 1.94. The van der Waals surface area contributed by atoms with Gasteiger partial charge in [0.2, 0.25) is 0 Å². The summed E-state index contributed by atoms with van der Waals surface area (Å²) < 4.78 is 5.47. The standard InChI is InChI=1S/C15H30N2O/c1-4-15(3)12-17(13(2)5-8-16-15)11-14-6-9-18-10-7-14/h13-14,16H,4-12H2,1-3H3. The van der Waals surface area contributed by atoms with Gasteiger partial charge in [0.1, 0.15) is 0 Å². The third-order valence-corrected chi connectivity index (χ3v) is 4.90. The first kappa shape index (κ1) is 14.3. The summed E-state index contributed by atoms with van der Waals surface area (Å²) >= 11 is 0. The molecule has 3 heteroatoms. The van der Waals surface area contributed by atoms with Gasteiger partial charge in [-0.15, -0.1) is 0 Å². The van der Waals surface area contributed by atoms with Gasteiger partial charge >= 0.3 is 0 Å². The van der Waals surface area contributed by atoms with E-state index in [-0.39, 0.29) is 0 Å². The minimum absolute atomic E-state index is 0.302. The van der Waals surface area contributed by atoms with Crippen molar-refractivity contribution in [1.29, 1.82) is 0 Å². The fraction of sp³-hybridized carbons (Fsp3) is 1.00. The van der Waals surface area contributed by atoms with E-state index in [9.17, 15) is 0 Å². The normalized spacial score (nSPS) is 36.5. The van der Waals surface area contributed by atoms with Gasteiger partial charge in [0, 0.05) is 37.9 Å². The van der Waals surface area contributed by atoms with Gasteiger partial charge in [-0.2, -0.15) is 0 Å². The first-order chi connectivity index (χ1) is 8.63. The Bertz CT molecular complexity index is 253. The number of hydrogen-bond acceptors (Lipinski definition) is 3. The monoisotopic (exact) mass is 254 g/mol. The van der Waals surface area contributed by atoms with Crippen LogP contribution in [0.25, 0.3) is 0 Å². The number of nitrogens with zero attached hydrogens (tertiary/aromatic N) is 1. The van der Waals surface area contributed by atoms with Gasteiger partial charge in [0.25, 0.3) is 0 Å². The van der Waals surface area contributed by atoms with Crippen LogP contribution in [0, 0.1) is 5.92 Å². The van der Waals surface area contributed by atoms with Crippen molar-refractivity contribution in [1.82, 2.24) is 10.2 Å². The van der Waals surface area contributed by atoms with Gasteiger partial charge in [-0.3, -0.25) is 4.90 Å². The summed E-state index contributed by atoms with van der Waals surface area (Å²) in [6.45, 7) is 12.6. The van der Waals surface area contributed by atoms with Gasteiger partial charge in [-0.05, 0) is 52.0 Å². The lowest BCUT2D eigenvalue weighted by molar-refractivity contribution is 0.0432. The lowest BCUT2D eigenvalue weighted by Gasteiger charge is -2.37. The van der Waals surface area contributed by atoms with Crippen LogP contribution in [0.1, 0.15) is 46.5 Å². The fourth-order valence-corrected chi connectivity index (χ4v) is 3.17. The van der Waals surface area contributed by atoms with E-state index in [4.69, 9.17) is 4.74 Å². The Hall–Kier alpha value is -0.120. The van der Waals surface area contributed by atoms with E-state index in [0.717, 1.165) is 25.7 Å². The molecule has 2 fully saturated rings. The largest absolute Gasteiger partial charge is 0.381 e. The average molecular weight is 254 g/mol. The minimum Gasteiger partial charge on any atom is -0.381 e. The third kappa shape index (κ3) is 3.69. The molecule has 0 aliphatic carbocycles. The first-order valence-electron chi connectivity index (χ1n) is 7.70. The van der Waals surface area contributed by atoms with Gasteiger partial charge in [-0.25, -0.2) is 0 Å². The van der Waals surface area contributed by atoms with Crippen molar-refractivity contribution in [2.75, 3.05) is 32.8 Å². The van der Waals surface area contributed by atoms with Crippen molar-refractivity contribution in [2.24, 2.45) is 5.92 Å². The molecule has 1 N–H and O–H groups in total. The molecule has 0 radical (unpaired) electrons. The molecule has 2 aliphatic rings. The zero-order chi connectivity index (χ0) is 13.0. The third-order valence-electron chi connectivity index (χ3n) is 4.90. The summed E-state index contributed by atoms with van der Waals surface area (Å²) in [5.41, 5.74) is 0.302. The lowest BCUT2D eigenvalue weighted by atomic mass is 9.95. The van der Waals surface area contributed by atoms with E-state index < -0.39 is 0 Å². The fourth-order valence-electron chi connectivity index (χ4n) is 3.17. The molecule has 2 saturated heterocycles. The number of nitrogens with one attached hydrogen (secondary N) is 1. The molecule has 2 aliphatic heterocycles. The molecule has 0 aromatic heterocycles. The molecule has 2 heterocycles. The molecule has 3 nitrogen and oxygen atoms in total. The molecule has 0 saturated carbocycles. The molecule has 0 amide bonds. The zero-order valence-corrected chi connectivity index (χ0v) is 12.4. The highest BCUT2D eigenvalue weighted by Gasteiger charge is 2.31. The smallest absolute Gasteiger partial charge is 0.0469 e. The number of hydrogen-bond donors (Lipinski definition) is 1. The summed E-state index contributed by atoms with van der Waals surface area (Å²) in [4.78, 5) is 2.72. The van der Waals surface area contributed by atoms with Crippen molar-refractivity contribution >= 4 is 0 Å². The van der Waals surface area contributed by atoms with Crippen LogP contribution in [0.2, 0.25) is 0 Å². The molecule has 2 rings (SSSR count). The van der Waals surface area contributed by atoms with Crippen LogP contribution in [-0.2, 0) is 4.74 Å². The van der Waals surface area contributed by atoms with E-state index in [1.54, 1.807) is 0 Å². The van der Waals surface area contributed by atoms with Crippen molar-refractivity contribution in [3.63, 3.8) is 0 Å². The predicted octanol–water partition coefficient (Wildman–Crippen LogP) is 2.27. The summed E-state index contributed by atoms with van der Waals surface area (Å²) in [7, 11) is 0. The second-order valence-electron chi connectivity index (χ2n) is 6.46. The first-order valence-corrected chi connectivity index (χ1v) is 7.70. The van der Waals surface area contributed by atoms with Crippen LogP contribution >= 0.6 is 0 Å². The maximum atomic E-state index is 5.47. The summed E-state index contributed by atoms with van der Waals surface area (Å²) in [5.74, 6) is 0.848. The van der Waals surface area contributed by atoms with Gasteiger partial charge < -0.3 is 10.1 Å². The topological polar surface area (TPSA) is 24.5 Å². The van der Waals surface area contributed by atoms with Crippen LogP contribution in [-0.4, -0.2) is 49.3 Å². The zero-order valence-electron chi connectivity index (χ0n) is 12.4. The Morgan fingerprint density at radius 3 is 2.67 bits per heavy atom. The van der Waals surface area contributed by atoms with Crippen molar-refractivity contribution < 1.29 is 4.74 Å². The molecule has 0 aromatic rings. The number of rotatable bonds is 3. The van der Waals surface area contributed by atoms with E-state index >= 15 is 0 Å². The van der Waals surface area contributed by atoms with Crippen molar-refractivity contribution in [2.45, 2.75) is 58.0 Å². The Morgan fingerprint density at radius 2 is 2.00 bits per heavy atom. The molecule has 0 bridgehead atoms. The van der Waals surface area contributed by atoms with Gasteiger partial charge in [0.05, 0.1) is 0 Å². The second-order valence-corrected chi connectivity index (χ2v) is 6.46. The average Bonchev–Trinajstić information content (AvgIpc) is 2.52. The van der Waals surface area contributed by atoms with Crippen molar-refractivity contribution in [3.8, 4) is 0 Å². The van der Waals surface area contributed by atoms with Crippen LogP contribution < -0.4 is 5.32 Å². The Labute approximate surface area is 112 Å². The van der Waals surface area contributed by atoms with Crippen LogP contribution in [0.15, 0.2) is 0 Å². The highest BCUT2D eigenvalue weighted by Crippen LogP contribution is 2.23. The Morgan fingerprint density at radius 1 is 1.28 bits per heavy atom. The molecule has 18 heavy (non-hydrogen) atoms. The molecular weight excluding hydrogens is 224 g/mol. The molecule has 0 aromatic carbocycles. The SMILES string of the molecule is CCC1(C)CN(CC2CCOCC2)C(C)CCN1. The van der Waals surface area contributed by atoms with E-state index in [2.05, 4.69) is 31.0 Å². The highest BCUT2D eigenvalue weighted by molar-refractivity contribution is 4.91. The van der Waals surface area contributed by atoms with E-state index in [0.29, 0.717) is 11.6 Å². The summed E-state index contributed by atoms with van der Waals surface area (Å²) in [6.07, 6.45) is 4.99. The van der Waals surface area contributed by atoms with Crippen LogP contribution in [0.3, 0.4) is 0 Å². The molecule has 2 atom stereocenters. The number of ether oxygens (including phenoxy) is 1. The highest BCUT2D eigenvalue weighted by atomic mass is 16.5. The summed E-state index contributed by atoms with van der Waals surface area (Å²) in [6, 6.07) is 0.716. The van der Waals surface area contributed by atoms with Crippen LogP contribution in [0.4, 0.5) is 0 Å². The quantitative estimate of drug-likeness (QED) is 0.836. The molecule has 106 valence electrons.